The van der Waals surface area contributed by atoms with E-state index in [1.807, 2.05) is 69.3 Å². The Balaban J connectivity index is 2.21. The third-order valence-electron chi connectivity index (χ3n) is 5.33. The average molecular weight is 439 g/mol. The van der Waals surface area contributed by atoms with Gasteiger partial charge < -0.3 is 15.0 Å². The minimum Gasteiger partial charge on any atom is -0.483 e. The zero-order chi connectivity index (χ0) is 23.9. The van der Waals surface area contributed by atoms with Gasteiger partial charge in [0.1, 0.15) is 11.8 Å². The molecule has 5 nitrogen and oxygen atoms in total. The van der Waals surface area contributed by atoms with Crippen LogP contribution >= 0.6 is 0 Å². The van der Waals surface area contributed by atoms with Crippen LogP contribution in [-0.2, 0) is 21.5 Å². The van der Waals surface area contributed by atoms with Gasteiger partial charge in [-0.15, -0.1) is 0 Å². The Morgan fingerprint density at radius 2 is 1.72 bits per heavy atom. The number of hydrogen-bond donors (Lipinski definition) is 1. The van der Waals surface area contributed by atoms with Gasteiger partial charge in [0, 0.05) is 13.1 Å². The molecule has 1 atom stereocenters. The molecule has 0 saturated heterocycles. The van der Waals surface area contributed by atoms with Crippen LogP contribution in [-0.4, -0.2) is 35.9 Å². The lowest BCUT2D eigenvalue weighted by Crippen LogP contribution is -2.49. The molecule has 0 unspecified atom stereocenters. The molecule has 174 valence electrons. The molecular weight excluding hydrogens is 400 g/mol. The fourth-order valence-corrected chi connectivity index (χ4v) is 3.48. The molecule has 1 N–H and O–H groups in total. The molecule has 32 heavy (non-hydrogen) atoms. The number of rotatable bonds is 9. The summed E-state index contributed by atoms with van der Waals surface area (Å²) in [6.07, 6.45) is 0. The van der Waals surface area contributed by atoms with Crippen LogP contribution in [0.5, 0.6) is 5.75 Å². The van der Waals surface area contributed by atoms with Crippen LogP contribution in [0.1, 0.15) is 58.2 Å². The summed E-state index contributed by atoms with van der Waals surface area (Å²) >= 11 is 0. The van der Waals surface area contributed by atoms with Gasteiger partial charge in [0.2, 0.25) is 5.91 Å². The number of hydrogen-bond acceptors (Lipinski definition) is 3. The smallest absolute Gasteiger partial charge is 0.261 e. The van der Waals surface area contributed by atoms with Crippen molar-refractivity contribution >= 4 is 11.8 Å². The number of ether oxygens (including phenoxy) is 1. The number of nitrogens with one attached hydrogen (secondary N) is 1. The van der Waals surface area contributed by atoms with Crippen LogP contribution in [0.3, 0.4) is 0 Å². The molecule has 0 aliphatic heterocycles. The highest BCUT2D eigenvalue weighted by Crippen LogP contribution is 2.31. The molecule has 0 saturated carbocycles. The molecule has 2 aromatic rings. The predicted molar refractivity (Wildman–Crippen MR) is 130 cm³/mol. The molecule has 0 bridgehead atoms. The summed E-state index contributed by atoms with van der Waals surface area (Å²) in [4.78, 5) is 27.6. The van der Waals surface area contributed by atoms with Gasteiger partial charge in [-0.2, -0.15) is 0 Å². The summed E-state index contributed by atoms with van der Waals surface area (Å²) in [7, 11) is 0. The van der Waals surface area contributed by atoms with E-state index >= 15 is 0 Å². The predicted octanol–water partition coefficient (Wildman–Crippen LogP) is 4.86. The molecular formula is C27H38N2O3. The summed E-state index contributed by atoms with van der Waals surface area (Å²) in [5.74, 6) is 0.655. The second-order valence-electron chi connectivity index (χ2n) is 9.86. The monoisotopic (exact) mass is 438 g/mol. The highest BCUT2D eigenvalue weighted by molar-refractivity contribution is 5.88. The summed E-state index contributed by atoms with van der Waals surface area (Å²) < 4.78 is 5.97. The standard InChI is InChI=1S/C27H38N2O3/c1-19(2)16-28-26(31)21(4)29(17-22-12-10-11-20(3)15-22)25(30)18-32-24-14-9-8-13-23(24)27(5,6)7/h8-15,19,21H,16-18H2,1-7H3,(H,28,31)/t21-/m0/s1. The van der Waals surface area contributed by atoms with Crippen molar-refractivity contribution in [2.45, 2.75) is 66.5 Å². The highest BCUT2D eigenvalue weighted by atomic mass is 16.5. The first kappa shape index (κ1) is 25.4. The van der Waals surface area contributed by atoms with Crippen LogP contribution in [0.15, 0.2) is 48.5 Å². The second kappa shape index (κ2) is 11.2. The maximum Gasteiger partial charge on any atom is 0.261 e. The summed E-state index contributed by atoms with van der Waals surface area (Å²) in [6.45, 7) is 15.0. The van der Waals surface area contributed by atoms with Crippen molar-refractivity contribution in [3.8, 4) is 5.75 Å². The lowest BCUT2D eigenvalue weighted by atomic mass is 9.86. The SMILES string of the molecule is Cc1cccc(CN(C(=O)COc2ccccc2C(C)(C)C)[C@@H](C)C(=O)NCC(C)C)c1. The number of carbonyl (C=O) groups is 2. The molecule has 0 fully saturated rings. The van der Waals surface area contributed by atoms with E-state index in [2.05, 4.69) is 26.1 Å². The fraction of sp³-hybridized carbons (Fsp3) is 0.481. The maximum absolute atomic E-state index is 13.3. The van der Waals surface area contributed by atoms with Crippen LogP contribution in [0.4, 0.5) is 0 Å². The van der Waals surface area contributed by atoms with Crippen LogP contribution in [0, 0.1) is 12.8 Å². The summed E-state index contributed by atoms with van der Waals surface area (Å²) in [6, 6.07) is 15.2. The Labute approximate surface area is 193 Å². The van der Waals surface area contributed by atoms with Gasteiger partial charge in [-0.05, 0) is 42.4 Å². The topological polar surface area (TPSA) is 58.6 Å². The summed E-state index contributed by atoms with van der Waals surface area (Å²) in [5, 5.41) is 2.94. The van der Waals surface area contributed by atoms with Crippen molar-refractivity contribution in [3.63, 3.8) is 0 Å². The first-order chi connectivity index (χ1) is 15.0. The van der Waals surface area contributed by atoms with E-state index in [-0.39, 0.29) is 23.8 Å². The van der Waals surface area contributed by atoms with Gasteiger partial charge in [-0.3, -0.25) is 9.59 Å². The second-order valence-corrected chi connectivity index (χ2v) is 9.86. The quantitative estimate of drug-likeness (QED) is 0.608. The molecule has 2 rings (SSSR count). The third-order valence-corrected chi connectivity index (χ3v) is 5.33. The molecule has 0 heterocycles. The van der Waals surface area contributed by atoms with Crippen LogP contribution in [0.2, 0.25) is 0 Å². The number of carbonyl (C=O) groups excluding carboxylic acids is 2. The zero-order valence-corrected chi connectivity index (χ0v) is 20.6. The average Bonchev–Trinajstić information content (AvgIpc) is 2.73. The van der Waals surface area contributed by atoms with Crippen molar-refractivity contribution in [1.29, 1.82) is 0 Å². The highest BCUT2D eigenvalue weighted by Gasteiger charge is 2.27. The van der Waals surface area contributed by atoms with E-state index in [1.54, 1.807) is 11.8 Å². The molecule has 0 aliphatic carbocycles. The van der Waals surface area contributed by atoms with Gasteiger partial charge in [0.15, 0.2) is 6.61 Å². The third kappa shape index (κ3) is 7.40. The van der Waals surface area contributed by atoms with E-state index in [4.69, 9.17) is 4.74 Å². The van der Waals surface area contributed by atoms with Crippen LogP contribution < -0.4 is 10.1 Å². The first-order valence-electron chi connectivity index (χ1n) is 11.3. The maximum atomic E-state index is 13.3. The van der Waals surface area contributed by atoms with Crippen molar-refractivity contribution in [3.05, 3.63) is 65.2 Å². The number of benzene rings is 2. The van der Waals surface area contributed by atoms with Gasteiger partial charge in [0.05, 0.1) is 0 Å². The van der Waals surface area contributed by atoms with Crippen molar-refractivity contribution < 1.29 is 14.3 Å². The summed E-state index contributed by atoms with van der Waals surface area (Å²) in [5.41, 5.74) is 3.03. The largest absolute Gasteiger partial charge is 0.483 e. The van der Waals surface area contributed by atoms with Gasteiger partial charge in [0.25, 0.3) is 5.91 Å². The van der Waals surface area contributed by atoms with E-state index in [9.17, 15) is 9.59 Å². The minimum atomic E-state index is -0.608. The molecule has 0 aliphatic rings. The van der Waals surface area contributed by atoms with Gasteiger partial charge in [-0.1, -0.05) is 82.6 Å². The molecule has 0 spiro atoms. The number of amides is 2. The molecule has 0 radical (unpaired) electrons. The Kier molecular flexibility index (Phi) is 8.88. The van der Waals surface area contributed by atoms with E-state index in [0.717, 1.165) is 16.7 Å². The lowest BCUT2D eigenvalue weighted by molar-refractivity contribution is -0.142. The Morgan fingerprint density at radius 3 is 2.34 bits per heavy atom. The van der Waals surface area contributed by atoms with E-state index < -0.39 is 6.04 Å². The number of nitrogens with zero attached hydrogens (tertiary/aromatic N) is 1. The molecule has 2 aromatic carbocycles. The van der Waals surface area contributed by atoms with Gasteiger partial charge >= 0.3 is 0 Å². The zero-order valence-electron chi connectivity index (χ0n) is 20.6. The molecule has 5 heteroatoms. The van der Waals surface area contributed by atoms with Crippen molar-refractivity contribution in [2.24, 2.45) is 5.92 Å². The van der Waals surface area contributed by atoms with Crippen molar-refractivity contribution in [1.82, 2.24) is 10.2 Å². The van der Waals surface area contributed by atoms with E-state index in [1.165, 1.54) is 0 Å². The molecule has 2 amide bonds. The van der Waals surface area contributed by atoms with E-state index in [0.29, 0.717) is 24.8 Å². The van der Waals surface area contributed by atoms with Gasteiger partial charge in [-0.25, -0.2) is 0 Å². The fourth-order valence-electron chi connectivity index (χ4n) is 3.48. The van der Waals surface area contributed by atoms with Crippen molar-refractivity contribution in [2.75, 3.05) is 13.2 Å². The Hall–Kier alpha value is -2.82. The normalized spacial score (nSPS) is 12.4. The first-order valence-corrected chi connectivity index (χ1v) is 11.3. The Bertz CT molecular complexity index is 915. The lowest BCUT2D eigenvalue weighted by Gasteiger charge is -2.29. The molecule has 0 aromatic heterocycles. The van der Waals surface area contributed by atoms with Crippen LogP contribution in [0.25, 0.3) is 0 Å². The minimum absolute atomic E-state index is 0.106. The number of para-hydroxylation sites is 1. The number of aryl methyl sites for hydroxylation is 1. The Morgan fingerprint density at radius 1 is 1.03 bits per heavy atom.